The third-order valence-electron chi connectivity index (χ3n) is 4.75. The van der Waals surface area contributed by atoms with Gasteiger partial charge in [0.05, 0.1) is 12.0 Å². The Morgan fingerprint density at radius 2 is 1.62 bits per heavy atom. The predicted octanol–water partition coefficient (Wildman–Crippen LogP) is 4.67. The number of rotatable bonds is 11. The van der Waals surface area contributed by atoms with Crippen molar-refractivity contribution in [2.24, 2.45) is 0 Å². The van der Waals surface area contributed by atoms with Gasteiger partial charge in [0.2, 0.25) is 10.0 Å². The van der Waals surface area contributed by atoms with E-state index >= 15 is 0 Å². The van der Waals surface area contributed by atoms with Crippen molar-refractivity contribution in [1.82, 2.24) is 4.72 Å². The minimum Gasteiger partial charge on any atom is -0.469 e. The summed E-state index contributed by atoms with van der Waals surface area (Å²) in [7, 11) is -2.33. The fraction of sp³-hybridized carbons (Fsp3) is 0.409. The first kappa shape index (κ1) is 23.0. The molecular weight excluding hydrogens is 393 g/mol. The van der Waals surface area contributed by atoms with Crippen LogP contribution in [0.1, 0.15) is 55.7 Å². The van der Waals surface area contributed by atoms with Crippen molar-refractivity contribution < 1.29 is 22.3 Å². The van der Waals surface area contributed by atoms with Gasteiger partial charge in [-0.3, -0.25) is 4.79 Å². The molecular formula is C22H28FNO4S. The molecule has 158 valence electrons. The molecule has 0 saturated heterocycles. The summed E-state index contributed by atoms with van der Waals surface area (Å²) in [6.45, 7) is 1.89. The van der Waals surface area contributed by atoms with E-state index in [0.717, 1.165) is 36.8 Å². The fourth-order valence-electron chi connectivity index (χ4n) is 3.03. The number of hydrogen-bond donors (Lipinski definition) is 1. The van der Waals surface area contributed by atoms with E-state index in [0.29, 0.717) is 12.8 Å². The first-order valence-electron chi connectivity index (χ1n) is 9.73. The molecule has 5 nitrogen and oxygen atoms in total. The van der Waals surface area contributed by atoms with Gasteiger partial charge in [-0.25, -0.2) is 17.5 Å². The van der Waals surface area contributed by atoms with Gasteiger partial charge in [0, 0.05) is 12.5 Å². The van der Waals surface area contributed by atoms with Gasteiger partial charge in [-0.05, 0) is 49.6 Å². The van der Waals surface area contributed by atoms with E-state index in [4.69, 9.17) is 0 Å². The molecule has 0 spiro atoms. The van der Waals surface area contributed by atoms with Crippen molar-refractivity contribution in [3.05, 3.63) is 65.5 Å². The van der Waals surface area contributed by atoms with Gasteiger partial charge >= 0.3 is 5.97 Å². The molecule has 0 aliphatic rings. The second kappa shape index (κ2) is 11.1. The van der Waals surface area contributed by atoms with Crippen LogP contribution in [0.2, 0.25) is 0 Å². The number of sulfonamides is 1. The molecule has 0 amide bonds. The summed E-state index contributed by atoms with van der Waals surface area (Å²) < 4.78 is 46.3. The van der Waals surface area contributed by atoms with Crippen LogP contribution in [0.5, 0.6) is 0 Å². The maximum absolute atomic E-state index is 13.3. The molecule has 0 saturated carbocycles. The van der Waals surface area contributed by atoms with Crippen LogP contribution in [-0.2, 0) is 19.6 Å². The third-order valence-corrected chi connectivity index (χ3v) is 6.24. The van der Waals surface area contributed by atoms with Gasteiger partial charge in [0.1, 0.15) is 5.82 Å². The lowest BCUT2D eigenvalue weighted by Crippen LogP contribution is -2.28. The average molecular weight is 422 g/mol. The second-order valence-corrected chi connectivity index (χ2v) is 8.78. The van der Waals surface area contributed by atoms with Crippen LogP contribution in [0, 0.1) is 12.7 Å². The number of carbonyl (C=O) groups is 1. The molecule has 7 heteroatoms. The quantitative estimate of drug-likeness (QED) is 0.423. The summed E-state index contributed by atoms with van der Waals surface area (Å²) in [5.74, 6) is -0.586. The molecule has 2 rings (SSSR count). The first-order chi connectivity index (χ1) is 13.8. The molecule has 0 fully saturated rings. The highest BCUT2D eigenvalue weighted by atomic mass is 32.2. The van der Waals surface area contributed by atoms with Crippen molar-refractivity contribution in [3.63, 3.8) is 0 Å². The largest absolute Gasteiger partial charge is 0.469 e. The van der Waals surface area contributed by atoms with Gasteiger partial charge in [-0.1, -0.05) is 49.1 Å². The molecule has 2 aromatic carbocycles. The summed E-state index contributed by atoms with van der Waals surface area (Å²) in [5, 5.41) is 0. The minimum atomic E-state index is -3.70. The molecule has 1 atom stereocenters. The van der Waals surface area contributed by atoms with Gasteiger partial charge in [0.15, 0.2) is 0 Å². The second-order valence-electron chi connectivity index (χ2n) is 7.07. The van der Waals surface area contributed by atoms with Crippen molar-refractivity contribution in [2.45, 2.75) is 56.4 Å². The smallest absolute Gasteiger partial charge is 0.305 e. The van der Waals surface area contributed by atoms with Crippen molar-refractivity contribution in [2.75, 3.05) is 7.11 Å². The highest BCUT2D eigenvalue weighted by Gasteiger charge is 2.21. The monoisotopic (exact) mass is 421 g/mol. The zero-order chi connectivity index (χ0) is 21.3. The van der Waals surface area contributed by atoms with E-state index in [1.807, 2.05) is 6.92 Å². The first-order valence-corrected chi connectivity index (χ1v) is 11.2. The standard InChI is InChI=1S/C22H28FNO4S/c1-17-9-15-20(16-10-17)29(26,27)24-21(18-11-13-19(23)14-12-18)7-5-3-4-6-8-22(25)28-2/h9-16,21,24H,3-8H2,1-2H3. The highest BCUT2D eigenvalue weighted by molar-refractivity contribution is 7.89. The number of benzene rings is 2. The third kappa shape index (κ3) is 7.59. The normalized spacial score (nSPS) is 12.5. The van der Waals surface area contributed by atoms with E-state index in [-0.39, 0.29) is 16.7 Å². The molecule has 0 aromatic heterocycles. The zero-order valence-corrected chi connectivity index (χ0v) is 17.7. The number of methoxy groups -OCH3 is 1. The van der Waals surface area contributed by atoms with E-state index in [2.05, 4.69) is 9.46 Å². The van der Waals surface area contributed by atoms with Gasteiger partial charge in [-0.2, -0.15) is 0 Å². The number of nitrogens with one attached hydrogen (secondary N) is 1. The Morgan fingerprint density at radius 3 is 2.24 bits per heavy atom. The maximum Gasteiger partial charge on any atom is 0.305 e. The number of esters is 1. The lowest BCUT2D eigenvalue weighted by molar-refractivity contribution is -0.140. The lowest BCUT2D eigenvalue weighted by Gasteiger charge is -2.19. The minimum absolute atomic E-state index is 0.202. The summed E-state index contributed by atoms with van der Waals surface area (Å²) in [5.41, 5.74) is 1.70. The van der Waals surface area contributed by atoms with Crippen molar-refractivity contribution in [1.29, 1.82) is 0 Å². The van der Waals surface area contributed by atoms with Crippen molar-refractivity contribution >= 4 is 16.0 Å². The average Bonchev–Trinajstić information content (AvgIpc) is 2.70. The number of unbranched alkanes of at least 4 members (excludes halogenated alkanes) is 3. The fourth-order valence-corrected chi connectivity index (χ4v) is 4.29. The SMILES string of the molecule is COC(=O)CCCCCCC(NS(=O)(=O)c1ccc(C)cc1)c1ccc(F)cc1. The molecule has 0 radical (unpaired) electrons. The van der Waals surface area contributed by atoms with Gasteiger partial charge in [0.25, 0.3) is 0 Å². The number of halogens is 1. The van der Waals surface area contributed by atoms with Crippen LogP contribution in [0.25, 0.3) is 0 Å². The Balaban J connectivity index is 2.02. The molecule has 2 aromatic rings. The van der Waals surface area contributed by atoms with Crippen LogP contribution < -0.4 is 4.72 Å². The Labute approximate surface area is 172 Å². The molecule has 0 heterocycles. The molecule has 1 N–H and O–H groups in total. The Hall–Kier alpha value is -2.25. The molecule has 0 aliphatic heterocycles. The van der Waals surface area contributed by atoms with Crippen LogP contribution in [0.4, 0.5) is 4.39 Å². The number of aryl methyl sites for hydroxylation is 1. The van der Waals surface area contributed by atoms with E-state index < -0.39 is 16.1 Å². The summed E-state index contributed by atoms with van der Waals surface area (Å²) >= 11 is 0. The Kier molecular flexibility index (Phi) is 8.79. The number of ether oxygens (including phenoxy) is 1. The van der Waals surface area contributed by atoms with Crippen molar-refractivity contribution in [3.8, 4) is 0 Å². The molecule has 1 unspecified atom stereocenters. The van der Waals surface area contributed by atoms with Crippen LogP contribution in [0.15, 0.2) is 53.4 Å². The maximum atomic E-state index is 13.3. The number of carbonyl (C=O) groups excluding carboxylic acids is 1. The zero-order valence-electron chi connectivity index (χ0n) is 16.9. The van der Waals surface area contributed by atoms with Crippen LogP contribution >= 0.6 is 0 Å². The summed E-state index contributed by atoms with van der Waals surface area (Å²) in [6.07, 6.45) is 4.20. The van der Waals surface area contributed by atoms with Gasteiger partial charge in [-0.15, -0.1) is 0 Å². The Bertz CT molecular complexity index is 880. The Morgan fingerprint density at radius 1 is 1.00 bits per heavy atom. The van der Waals surface area contributed by atoms with E-state index in [9.17, 15) is 17.6 Å². The lowest BCUT2D eigenvalue weighted by atomic mass is 10.0. The van der Waals surface area contributed by atoms with Gasteiger partial charge < -0.3 is 4.74 Å². The van der Waals surface area contributed by atoms with Crippen LogP contribution in [-0.4, -0.2) is 21.5 Å². The number of hydrogen-bond acceptors (Lipinski definition) is 4. The molecule has 0 aliphatic carbocycles. The highest BCUT2D eigenvalue weighted by Crippen LogP contribution is 2.24. The predicted molar refractivity (Wildman–Crippen MR) is 110 cm³/mol. The van der Waals surface area contributed by atoms with E-state index in [1.165, 1.54) is 19.2 Å². The molecule has 0 bridgehead atoms. The topological polar surface area (TPSA) is 72.5 Å². The molecule has 29 heavy (non-hydrogen) atoms. The summed E-state index contributed by atoms with van der Waals surface area (Å²) in [4.78, 5) is 11.4. The van der Waals surface area contributed by atoms with E-state index in [1.54, 1.807) is 36.4 Å². The van der Waals surface area contributed by atoms with Crippen LogP contribution in [0.3, 0.4) is 0 Å². The summed E-state index contributed by atoms with van der Waals surface area (Å²) in [6, 6.07) is 12.1.